The zero-order valence-electron chi connectivity index (χ0n) is 16.7. The summed E-state index contributed by atoms with van der Waals surface area (Å²) in [5.41, 5.74) is 1.13. The van der Waals surface area contributed by atoms with Gasteiger partial charge in [0.2, 0.25) is 0 Å². The van der Waals surface area contributed by atoms with E-state index < -0.39 is 23.6 Å². The Balaban J connectivity index is 1.94. The Bertz CT molecular complexity index is 872. The maximum absolute atomic E-state index is 12.6. The highest BCUT2D eigenvalue weighted by Gasteiger charge is 2.29. The number of aliphatic carboxylic acids is 1. The van der Waals surface area contributed by atoms with E-state index in [9.17, 15) is 24.3 Å². The number of carbonyl (C=O) groups is 4. The molecule has 0 aliphatic heterocycles. The minimum Gasteiger partial charge on any atom is -0.482 e. The third-order valence-electron chi connectivity index (χ3n) is 4.38. The third kappa shape index (κ3) is 7.16. The number of rotatable bonds is 12. The Morgan fingerprint density at radius 3 is 2.23 bits per heavy atom. The van der Waals surface area contributed by atoms with Crippen molar-refractivity contribution in [3.63, 3.8) is 0 Å². The molecule has 0 spiro atoms. The molecule has 0 aliphatic carbocycles. The van der Waals surface area contributed by atoms with E-state index in [2.05, 4.69) is 0 Å². The lowest BCUT2D eigenvalue weighted by Crippen LogP contribution is -2.27. The fourth-order valence-corrected chi connectivity index (χ4v) is 2.81. The van der Waals surface area contributed by atoms with Crippen LogP contribution in [0.15, 0.2) is 54.6 Å². The summed E-state index contributed by atoms with van der Waals surface area (Å²) in [6.45, 7) is 1.66. The molecule has 0 amide bonds. The summed E-state index contributed by atoms with van der Waals surface area (Å²) in [6, 6.07) is 15.1. The Kier molecular flexibility index (Phi) is 8.75. The minimum absolute atomic E-state index is 0.154. The van der Waals surface area contributed by atoms with Gasteiger partial charge in [0.1, 0.15) is 17.5 Å². The lowest BCUT2D eigenvalue weighted by molar-refractivity contribution is -0.145. The largest absolute Gasteiger partial charge is 0.482 e. The van der Waals surface area contributed by atoms with Crippen LogP contribution >= 0.6 is 0 Å². The first-order valence-electron chi connectivity index (χ1n) is 9.61. The highest BCUT2D eigenvalue weighted by molar-refractivity contribution is 6.10. The molecule has 2 aromatic carbocycles. The van der Waals surface area contributed by atoms with Crippen LogP contribution in [0.25, 0.3) is 0 Å². The van der Waals surface area contributed by atoms with Gasteiger partial charge in [-0.3, -0.25) is 14.4 Å². The molecule has 30 heavy (non-hydrogen) atoms. The number of carboxylic acid groups (broad SMARTS) is 1. The standard InChI is InChI=1S/C23H24O7/c1-2-29-21(25)15-30-19-12-9-17(10-13-19)22(26)20(23(27)28)14-18(24)11-8-16-6-4-3-5-7-16/h3-7,9-10,12-13,20H,2,8,11,14-15H2,1H3,(H,27,28). The summed E-state index contributed by atoms with van der Waals surface area (Å²) in [6.07, 6.45) is 0.302. The summed E-state index contributed by atoms with van der Waals surface area (Å²) >= 11 is 0. The van der Waals surface area contributed by atoms with Gasteiger partial charge in [0.05, 0.1) is 6.61 Å². The fourth-order valence-electron chi connectivity index (χ4n) is 2.81. The average Bonchev–Trinajstić information content (AvgIpc) is 2.75. The first-order valence-corrected chi connectivity index (χ1v) is 9.61. The van der Waals surface area contributed by atoms with Crippen LogP contribution in [0.3, 0.4) is 0 Å². The monoisotopic (exact) mass is 412 g/mol. The van der Waals surface area contributed by atoms with Crippen LogP contribution in [0.4, 0.5) is 0 Å². The number of hydrogen-bond acceptors (Lipinski definition) is 6. The number of hydrogen-bond donors (Lipinski definition) is 1. The lowest BCUT2D eigenvalue weighted by Gasteiger charge is -2.12. The number of carboxylic acids is 1. The molecule has 1 N–H and O–H groups in total. The molecule has 0 heterocycles. The van der Waals surface area contributed by atoms with Crippen LogP contribution in [0, 0.1) is 5.92 Å². The van der Waals surface area contributed by atoms with E-state index in [0.717, 1.165) is 5.56 Å². The molecule has 2 rings (SSSR count). The molecule has 2 aromatic rings. The van der Waals surface area contributed by atoms with Crippen molar-refractivity contribution in [1.82, 2.24) is 0 Å². The van der Waals surface area contributed by atoms with Crippen LogP contribution in [0.2, 0.25) is 0 Å². The van der Waals surface area contributed by atoms with Crippen molar-refractivity contribution in [2.24, 2.45) is 5.92 Å². The summed E-state index contributed by atoms with van der Waals surface area (Å²) < 4.78 is 10.00. The van der Waals surface area contributed by atoms with Crippen molar-refractivity contribution in [2.45, 2.75) is 26.2 Å². The van der Waals surface area contributed by atoms with Crippen LogP contribution in [0.1, 0.15) is 35.7 Å². The Labute approximate surface area is 174 Å². The molecule has 0 saturated heterocycles. The summed E-state index contributed by atoms with van der Waals surface area (Å²) in [5, 5.41) is 9.44. The SMILES string of the molecule is CCOC(=O)COc1ccc(C(=O)C(CC(=O)CCc2ccccc2)C(=O)O)cc1. The van der Waals surface area contributed by atoms with Crippen LogP contribution < -0.4 is 4.74 Å². The van der Waals surface area contributed by atoms with Gasteiger partial charge in [-0.25, -0.2) is 4.79 Å². The van der Waals surface area contributed by atoms with Crippen LogP contribution in [-0.4, -0.2) is 41.8 Å². The van der Waals surface area contributed by atoms with Crippen molar-refractivity contribution in [3.8, 4) is 5.75 Å². The third-order valence-corrected chi connectivity index (χ3v) is 4.38. The van der Waals surface area contributed by atoms with E-state index in [4.69, 9.17) is 9.47 Å². The van der Waals surface area contributed by atoms with E-state index >= 15 is 0 Å². The molecule has 1 unspecified atom stereocenters. The second kappa shape index (κ2) is 11.5. The normalized spacial score (nSPS) is 11.4. The summed E-state index contributed by atoms with van der Waals surface area (Å²) in [4.78, 5) is 47.7. The Hall–Kier alpha value is -3.48. The quantitative estimate of drug-likeness (QED) is 0.324. The van der Waals surface area contributed by atoms with Crippen LogP contribution in [-0.2, 0) is 25.5 Å². The predicted molar refractivity (Wildman–Crippen MR) is 108 cm³/mol. The molecule has 0 aromatic heterocycles. The maximum Gasteiger partial charge on any atom is 0.344 e. The van der Waals surface area contributed by atoms with E-state index in [1.54, 1.807) is 6.92 Å². The molecule has 0 radical (unpaired) electrons. The predicted octanol–water partition coefficient (Wildman–Crippen LogP) is 3.10. The van der Waals surface area contributed by atoms with Gasteiger partial charge in [0.15, 0.2) is 12.4 Å². The molecule has 0 aliphatic rings. The molecular weight excluding hydrogens is 388 g/mol. The molecule has 0 bridgehead atoms. The van der Waals surface area contributed by atoms with Gasteiger partial charge in [-0.2, -0.15) is 0 Å². The number of benzene rings is 2. The second-order valence-corrected chi connectivity index (χ2v) is 6.60. The maximum atomic E-state index is 12.6. The van der Waals surface area contributed by atoms with Crippen LogP contribution in [0.5, 0.6) is 5.75 Å². The number of ketones is 2. The lowest BCUT2D eigenvalue weighted by atomic mass is 9.91. The molecule has 7 heteroatoms. The highest BCUT2D eigenvalue weighted by atomic mass is 16.6. The van der Waals surface area contributed by atoms with Gasteiger partial charge < -0.3 is 14.6 Å². The Morgan fingerprint density at radius 1 is 0.967 bits per heavy atom. The number of Topliss-reactive ketones (excluding diaryl/α,β-unsaturated/α-hetero) is 2. The molecule has 7 nitrogen and oxygen atoms in total. The van der Waals surface area contributed by atoms with Crippen molar-refractivity contribution in [3.05, 3.63) is 65.7 Å². The van der Waals surface area contributed by atoms with Gasteiger partial charge in [-0.1, -0.05) is 30.3 Å². The van der Waals surface area contributed by atoms with Gasteiger partial charge in [0.25, 0.3) is 0 Å². The number of esters is 1. The zero-order chi connectivity index (χ0) is 21.9. The van der Waals surface area contributed by atoms with E-state index in [0.29, 0.717) is 12.2 Å². The van der Waals surface area contributed by atoms with Gasteiger partial charge in [0, 0.05) is 18.4 Å². The minimum atomic E-state index is -1.44. The topological polar surface area (TPSA) is 107 Å². The first-order chi connectivity index (χ1) is 14.4. The van der Waals surface area contributed by atoms with Crippen molar-refractivity contribution >= 4 is 23.5 Å². The number of aryl methyl sites for hydroxylation is 1. The number of carbonyl (C=O) groups excluding carboxylic acids is 3. The molecule has 1 atom stereocenters. The Morgan fingerprint density at radius 2 is 1.63 bits per heavy atom. The van der Waals surface area contributed by atoms with Gasteiger partial charge >= 0.3 is 11.9 Å². The number of ether oxygens (including phenoxy) is 2. The fraction of sp³-hybridized carbons (Fsp3) is 0.304. The zero-order valence-corrected chi connectivity index (χ0v) is 16.7. The first kappa shape index (κ1) is 22.8. The van der Waals surface area contributed by atoms with E-state index in [1.807, 2.05) is 30.3 Å². The summed E-state index contributed by atoms with van der Waals surface area (Å²) in [5.74, 6) is -3.89. The van der Waals surface area contributed by atoms with E-state index in [1.165, 1.54) is 24.3 Å². The average molecular weight is 412 g/mol. The molecule has 158 valence electrons. The highest BCUT2D eigenvalue weighted by Crippen LogP contribution is 2.19. The van der Waals surface area contributed by atoms with Crippen molar-refractivity contribution < 1.29 is 33.8 Å². The molecular formula is C23H24O7. The van der Waals surface area contributed by atoms with Crippen molar-refractivity contribution in [1.29, 1.82) is 0 Å². The molecule has 0 saturated carbocycles. The van der Waals surface area contributed by atoms with E-state index in [-0.39, 0.29) is 37.4 Å². The summed E-state index contributed by atoms with van der Waals surface area (Å²) in [7, 11) is 0. The smallest absolute Gasteiger partial charge is 0.344 e. The second-order valence-electron chi connectivity index (χ2n) is 6.60. The molecule has 0 fully saturated rings. The van der Waals surface area contributed by atoms with Gasteiger partial charge in [-0.05, 0) is 43.2 Å². The van der Waals surface area contributed by atoms with Crippen molar-refractivity contribution in [2.75, 3.05) is 13.2 Å². The van der Waals surface area contributed by atoms with Gasteiger partial charge in [-0.15, -0.1) is 0 Å².